The first kappa shape index (κ1) is 14.3. The number of amides is 1. The smallest absolute Gasteiger partial charge is 0.329 e. The topological polar surface area (TPSA) is 55.8 Å². The molecule has 2 saturated heterocycles. The number of likely N-dealkylation sites (tertiary alicyclic amines) is 1. The molecule has 0 aromatic carbocycles. The molecule has 2 atom stereocenters. The van der Waals surface area contributed by atoms with E-state index in [1.807, 2.05) is 20.8 Å². The second kappa shape index (κ2) is 5.49. The monoisotopic (exact) mass is 269 g/mol. The summed E-state index contributed by atoms with van der Waals surface area (Å²) in [4.78, 5) is 26.1. The summed E-state index contributed by atoms with van der Waals surface area (Å²) in [6, 6.07) is -0.434. The first-order valence-electron chi connectivity index (χ1n) is 7.03. The van der Waals surface area contributed by atoms with Crippen molar-refractivity contribution in [1.82, 2.24) is 4.90 Å². The van der Waals surface area contributed by atoms with Crippen LogP contribution in [0.1, 0.15) is 46.5 Å². The van der Waals surface area contributed by atoms with Gasteiger partial charge in [-0.1, -0.05) is 0 Å². The van der Waals surface area contributed by atoms with Crippen LogP contribution in [0.4, 0.5) is 0 Å². The van der Waals surface area contributed by atoms with E-state index in [-0.39, 0.29) is 18.0 Å². The van der Waals surface area contributed by atoms with Crippen molar-refractivity contribution in [3.05, 3.63) is 0 Å². The van der Waals surface area contributed by atoms with Gasteiger partial charge in [0.2, 0.25) is 0 Å². The van der Waals surface area contributed by atoms with Crippen molar-refractivity contribution in [3.8, 4) is 0 Å². The summed E-state index contributed by atoms with van der Waals surface area (Å²) in [5.74, 6) is -0.345. The molecule has 108 valence electrons. The van der Waals surface area contributed by atoms with Gasteiger partial charge >= 0.3 is 5.97 Å². The van der Waals surface area contributed by atoms with Gasteiger partial charge in [-0.3, -0.25) is 4.79 Å². The van der Waals surface area contributed by atoms with Crippen molar-refractivity contribution >= 4 is 11.9 Å². The predicted molar refractivity (Wildman–Crippen MR) is 69.6 cm³/mol. The van der Waals surface area contributed by atoms with Crippen molar-refractivity contribution in [2.24, 2.45) is 0 Å². The Morgan fingerprint density at radius 2 is 1.95 bits per heavy atom. The Morgan fingerprint density at radius 3 is 2.53 bits per heavy atom. The van der Waals surface area contributed by atoms with Gasteiger partial charge in [-0.2, -0.15) is 0 Å². The number of hydrogen-bond acceptors (Lipinski definition) is 4. The highest BCUT2D eigenvalue weighted by Gasteiger charge is 2.40. The molecule has 1 amide bonds. The van der Waals surface area contributed by atoms with E-state index in [2.05, 4.69) is 0 Å². The zero-order valence-electron chi connectivity index (χ0n) is 12.0. The molecule has 0 saturated carbocycles. The van der Waals surface area contributed by atoms with Gasteiger partial charge in [-0.15, -0.1) is 0 Å². The molecule has 0 unspecified atom stereocenters. The van der Waals surface area contributed by atoms with Crippen LogP contribution in [0.5, 0.6) is 0 Å². The first-order chi connectivity index (χ1) is 8.88. The maximum atomic E-state index is 12.3. The summed E-state index contributed by atoms with van der Waals surface area (Å²) in [5, 5.41) is 0. The van der Waals surface area contributed by atoms with Crippen LogP contribution < -0.4 is 0 Å². The molecular weight excluding hydrogens is 246 g/mol. The second-order valence-electron chi connectivity index (χ2n) is 6.22. The van der Waals surface area contributed by atoms with Crippen LogP contribution in [0.2, 0.25) is 0 Å². The van der Waals surface area contributed by atoms with E-state index in [4.69, 9.17) is 9.47 Å². The number of ether oxygens (including phenoxy) is 2. The lowest BCUT2D eigenvalue weighted by molar-refractivity contribution is -0.165. The molecule has 19 heavy (non-hydrogen) atoms. The minimum Gasteiger partial charge on any atom is -0.458 e. The average Bonchev–Trinajstić information content (AvgIpc) is 2.97. The summed E-state index contributed by atoms with van der Waals surface area (Å²) in [5.41, 5.74) is -0.516. The van der Waals surface area contributed by atoms with Gasteiger partial charge in [0.25, 0.3) is 5.91 Å². The highest BCUT2D eigenvalue weighted by molar-refractivity contribution is 5.87. The third-order valence-corrected chi connectivity index (χ3v) is 3.42. The third kappa shape index (κ3) is 3.47. The van der Waals surface area contributed by atoms with Crippen LogP contribution in [0.25, 0.3) is 0 Å². The maximum absolute atomic E-state index is 12.3. The summed E-state index contributed by atoms with van der Waals surface area (Å²) < 4.78 is 10.8. The molecule has 2 aliphatic heterocycles. The highest BCUT2D eigenvalue weighted by atomic mass is 16.6. The van der Waals surface area contributed by atoms with Crippen molar-refractivity contribution in [2.45, 2.75) is 64.2 Å². The van der Waals surface area contributed by atoms with Crippen LogP contribution in [0, 0.1) is 0 Å². The van der Waals surface area contributed by atoms with E-state index in [1.165, 1.54) is 0 Å². The van der Waals surface area contributed by atoms with Gasteiger partial charge < -0.3 is 14.4 Å². The molecule has 0 radical (unpaired) electrons. The van der Waals surface area contributed by atoms with E-state index in [9.17, 15) is 9.59 Å². The quantitative estimate of drug-likeness (QED) is 0.713. The fourth-order valence-electron chi connectivity index (χ4n) is 2.60. The highest BCUT2D eigenvalue weighted by Crippen LogP contribution is 2.24. The lowest BCUT2D eigenvalue weighted by Crippen LogP contribution is -2.47. The lowest BCUT2D eigenvalue weighted by atomic mass is 10.1. The summed E-state index contributed by atoms with van der Waals surface area (Å²) in [7, 11) is 0. The van der Waals surface area contributed by atoms with Crippen LogP contribution in [0.15, 0.2) is 0 Å². The first-order valence-corrected chi connectivity index (χ1v) is 7.03. The molecular formula is C14H23NO4. The van der Waals surface area contributed by atoms with Gasteiger partial charge in [0.1, 0.15) is 17.7 Å². The van der Waals surface area contributed by atoms with Crippen LogP contribution in [-0.2, 0) is 19.1 Å². The van der Waals surface area contributed by atoms with Gasteiger partial charge in [-0.25, -0.2) is 4.79 Å². The molecule has 5 nitrogen and oxygen atoms in total. The molecule has 0 bridgehead atoms. The van der Waals surface area contributed by atoms with E-state index in [0.29, 0.717) is 19.6 Å². The second-order valence-corrected chi connectivity index (χ2v) is 6.22. The Bertz CT molecular complexity index is 355. The normalized spacial score (nSPS) is 27.6. The van der Waals surface area contributed by atoms with E-state index in [1.54, 1.807) is 4.90 Å². The van der Waals surface area contributed by atoms with Crippen molar-refractivity contribution in [2.75, 3.05) is 13.2 Å². The largest absolute Gasteiger partial charge is 0.458 e. The van der Waals surface area contributed by atoms with Gasteiger partial charge in [0.05, 0.1) is 0 Å². The lowest BCUT2D eigenvalue weighted by Gasteiger charge is -2.28. The molecule has 2 aliphatic rings. The third-order valence-electron chi connectivity index (χ3n) is 3.42. The summed E-state index contributed by atoms with van der Waals surface area (Å²) in [6.45, 7) is 6.79. The van der Waals surface area contributed by atoms with E-state index < -0.39 is 11.6 Å². The number of hydrogen-bond donors (Lipinski definition) is 0. The van der Waals surface area contributed by atoms with E-state index in [0.717, 1.165) is 19.3 Å². The Kier molecular flexibility index (Phi) is 4.13. The van der Waals surface area contributed by atoms with Crippen molar-refractivity contribution < 1.29 is 19.1 Å². The Morgan fingerprint density at radius 1 is 1.21 bits per heavy atom. The Hall–Kier alpha value is -1.10. The van der Waals surface area contributed by atoms with Gasteiger partial charge in [0.15, 0.2) is 0 Å². The molecule has 0 aromatic rings. The summed E-state index contributed by atoms with van der Waals surface area (Å²) >= 11 is 0. The fraction of sp³-hybridized carbons (Fsp3) is 0.857. The minimum atomic E-state index is -0.516. The van der Waals surface area contributed by atoms with Crippen LogP contribution in [-0.4, -0.2) is 47.7 Å². The minimum absolute atomic E-state index is 0.0501. The molecule has 5 heteroatoms. The number of esters is 1. The SMILES string of the molecule is CC(C)(C)OC(=O)[C@H]1CCCN1C(=O)[C@H]1CCCO1. The number of nitrogens with zero attached hydrogens (tertiary/aromatic N) is 1. The number of carbonyl (C=O) groups excluding carboxylic acids is 2. The van der Waals surface area contributed by atoms with Gasteiger partial charge in [-0.05, 0) is 46.5 Å². The number of carbonyl (C=O) groups is 2. The molecule has 2 rings (SSSR count). The standard InChI is InChI=1S/C14H23NO4/c1-14(2,3)19-13(17)10-6-4-8-15(10)12(16)11-7-5-9-18-11/h10-11H,4-9H2,1-3H3/t10-,11-/m1/s1. The number of rotatable bonds is 2. The van der Waals surface area contributed by atoms with Crippen LogP contribution in [0.3, 0.4) is 0 Å². The molecule has 0 aromatic heterocycles. The Labute approximate surface area is 114 Å². The zero-order chi connectivity index (χ0) is 14.0. The average molecular weight is 269 g/mol. The fourth-order valence-corrected chi connectivity index (χ4v) is 2.60. The van der Waals surface area contributed by atoms with E-state index >= 15 is 0 Å². The van der Waals surface area contributed by atoms with Gasteiger partial charge in [0, 0.05) is 13.2 Å². The molecule has 0 spiro atoms. The molecule has 2 heterocycles. The maximum Gasteiger partial charge on any atom is 0.329 e. The predicted octanol–water partition coefficient (Wildman–Crippen LogP) is 1.50. The molecule has 0 N–H and O–H groups in total. The van der Waals surface area contributed by atoms with Crippen LogP contribution >= 0.6 is 0 Å². The zero-order valence-corrected chi connectivity index (χ0v) is 12.0. The summed E-state index contributed by atoms with van der Waals surface area (Å²) in [6.07, 6.45) is 2.86. The Balaban J connectivity index is 2.00. The molecule has 0 aliphatic carbocycles. The van der Waals surface area contributed by atoms with Crippen molar-refractivity contribution in [1.29, 1.82) is 0 Å². The molecule has 2 fully saturated rings. The van der Waals surface area contributed by atoms with Crippen molar-refractivity contribution in [3.63, 3.8) is 0 Å².